The predicted molar refractivity (Wildman–Crippen MR) is 146 cm³/mol. The summed E-state index contributed by atoms with van der Waals surface area (Å²) in [5.41, 5.74) is -7.18. The van der Waals surface area contributed by atoms with Gasteiger partial charge >= 0.3 is 12.6 Å². The fraction of sp³-hybridized carbons (Fsp3) is 0.481. The maximum atomic E-state index is 15.1. The first-order valence-electron chi connectivity index (χ1n) is 13.1. The first kappa shape index (κ1) is 31.8. The normalized spacial score (nSPS) is 21.7. The van der Waals surface area contributed by atoms with Crippen LogP contribution in [-0.4, -0.2) is 57.2 Å². The average Bonchev–Trinajstić information content (AvgIpc) is 3.43. The lowest BCUT2D eigenvalue weighted by Crippen LogP contribution is -2.43. The molecule has 2 atom stereocenters. The molecule has 0 aromatic heterocycles. The smallest absolute Gasteiger partial charge is 0.496 e. The molecule has 2 N–H and O–H groups in total. The minimum absolute atomic E-state index is 0.00555. The maximum Gasteiger partial charge on any atom is 0.501 e. The number of anilines is 1. The lowest BCUT2D eigenvalue weighted by molar-refractivity contribution is -0.120. The van der Waals surface area contributed by atoms with Crippen molar-refractivity contribution in [3.63, 3.8) is 0 Å². The summed E-state index contributed by atoms with van der Waals surface area (Å²) in [6, 6.07) is 5.51. The molecular formula is C27H31BF4N2O7S. The molecule has 42 heavy (non-hydrogen) atoms. The first-order chi connectivity index (χ1) is 19.4. The van der Waals surface area contributed by atoms with Crippen LogP contribution in [0.2, 0.25) is 0 Å². The number of methoxy groups -OCH3 is 1. The summed E-state index contributed by atoms with van der Waals surface area (Å²) >= 11 is 0. The van der Waals surface area contributed by atoms with Crippen molar-refractivity contribution >= 4 is 39.9 Å². The van der Waals surface area contributed by atoms with Crippen LogP contribution in [0.5, 0.6) is 5.75 Å². The van der Waals surface area contributed by atoms with Crippen molar-refractivity contribution in [2.24, 2.45) is 5.92 Å². The molecule has 9 nitrogen and oxygen atoms in total. The summed E-state index contributed by atoms with van der Waals surface area (Å²) in [6.07, 6.45) is 1.34. The topological polar surface area (TPSA) is 120 Å². The van der Waals surface area contributed by atoms with E-state index in [9.17, 15) is 31.2 Å². The molecule has 1 heterocycles. The number of carbonyl (C=O) groups is 2. The molecule has 0 spiro atoms. The molecule has 0 unspecified atom stereocenters. The van der Waals surface area contributed by atoms with Gasteiger partial charge in [-0.2, -0.15) is 13.2 Å². The second-order valence-electron chi connectivity index (χ2n) is 11.2. The van der Waals surface area contributed by atoms with Gasteiger partial charge in [-0.25, -0.2) is 12.8 Å². The molecule has 0 bridgehead atoms. The van der Waals surface area contributed by atoms with Crippen LogP contribution in [0.4, 0.5) is 23.2 Å². The Morgan fingerprint density at radius 3 is 2.29 bits per heavy atom. The van der Waals surface area contributed by atoms with Crippen molar-refractivity contribution in [2.75, 3.05) is 12.4 Å². The fourth-order valence-corrected chi connectivity index (χ4v) is 5.68. The van der Waals surface area contributed by atoms with E-state index in [-0.39, 0.29) is 22.5 Å². The fourth-order valence-electron chi connectivity index (χ4n) is 4.87. The Morgan fingerprint density at radius 2 is 1.69 bits per heavy atom. The molecule has 1 aliphatic carbocycles. The van der Waals surface area contributed by atoms with Gasteiger partial charge in [-0.15, -0.1) is 0 Å². The minimum Gasteiger partial charge on any atom is -0.496 e. The summed E-state index contributed by atoms with van der Waals surface area (Å²) in [5.74, 6) is -2.77. The van der Waals surface area contributed by atoms with Crippen molar-refractivity contribution in [1.29, 1.82) is 0 Å². The number of rotatable bonds is 7. The third kappa shape index (κ3) is 5.99. The number of hydrogen-bond donors (Lipinski definition) is 2. The molecule has 2 aliphatic rings. The SMILES string of the molecule is COc1cc(F)c(B2OC(C)(C)C(C)(C)O2)cc1C(=O)N[C@@H]1CCC[C@@H]1C(=O)Nc1cccc(S(=O)(=O)C(F)(F)F)c1. The Labute approximate surface area is 241 Å². The highest BCUT2D eigenvalue weighted by molar-refractivity contribution is 7.92. The standard InChI is InChI=1S/C27H31BF4N2O7S/c1-25(2)26(3,4)41-28(40-25)19-13-18(22(39-5)14-20(19)29)24(36)34-21-11-7-10-17(21)23(35)33-15-8-6-9-16(12-15)42(37,38)27(30,31)32/h6,8-9,12-14,17,21H,7,10-11H2,1-5H3,(H,33,35)(H,34,36)/t17-,21+/m0/s1. The Morgan fingerprint density at radius 1 is 1.05 bits per heavy atom. The Hall–Kier alpha value is -3.17. The van der Waals surface area contributed by atoms with Gasteiger partial charge in [0.25, 0.3) is 15.7 Å². The van der Waals surface area contributed by atoms with E-state index in [2.05, 4.69) is 10.6 Å². The van der Waals surface area contributed by atoms with Crippen LogP contribution in [0, 0.1) is 11.7 Å². The van der Waals surface area contributed by atoms with Crippen molar-refractivity contribution in [1.82, 2.24) is 5.32 Å². The van der Waals surface area contributed by atoms with Crippen LogP contribution in [0.3, 0.4) is 0 Å². The average molecular weight is 614 g/mol. The van der Waals surface area contributed by atoms with E-state index in [0.29, 0.717) is 19.3 Å². The maximum absolute atomic E-state index is 15.1. The molecular weight excluding hydrogens is 583 g/mol. The molecule has 2 aromatic rings. The monoisotopic (exact) mass is 614 g/mol. The van der Waals surface area contributed by atoms with Crippen LogP contribution in [0.1, 0.15) is 57.3 Å². The van der Waals surface area contributed by atoms with Gasteiger partial charge in [0.15, 0.2) is 0 Å². The lowest BCUT2D eigenvalue weighted by atomic mass is 9.77. The lowest BCUT2D eigenvalue weighted by Gasteiger charge is -2.32. The summed E-state index contributed by atoms with van der Waals surface area (Å²) in [7, 11) is -5.42. The number of nitrogens with one attached hydrogen (secondary N) is 2. The van der Waals surface area contributed by atoms with Crippen LogP contribution >= 0.6 is 0 Å². The third-order valence-electron chi connectivity index (χ3n) is 7.96. The number of benzene rings is 2. The van der Waals surface area contributed by atoms with E-state index < -0.39 is 68.2 Å². The molecule has 2 amide bonds. The van der Waals surface area contributed by atoms with E-state index in [1.54, 1.807) is 27.7 Å². The molecule has 15 heteroatoms. The van der Waals surface area contributed by atoms with Gasteiger partial charge in [-0.3, -0.25) is 9.59 Å². The van der Waals surface area contributed by atoms with Crippen molar-refractivity contribution in [3.05, 3.63) is 47.8 Å². The van der Waals surface area contributed by atoms with Crippen LogP contribution in [0.15, 0.2) is 41.3 Å². The first-order valence-corrected chi connectivity index (χ1v) is 14.6. The summed E-state index contributed by atoms with van der Waals surface area (Å²) < 4.78 is 94.6. The minimum atomic E-state index is -5.61. The highest BCUT2D eigenvalue weighted by Gasteiger charge is 2.53. The van der Waals surface area contributed by atoms with Gasteiger partial charge in [0.1, 0.15) is 11.6 Å². The van der Waals surface area contributed by atoms with Gasteiger partial charge in [0.2, 0.25) is 5.91 Å². The molecule has 2 aromatic carbocycles. The van der Waals surface area contributed by atoms with E-state index in [1.165, 1.54) is 19.2 Å². The Balaban J connectivity index is 1.52. The van der Waals surface area contributed by atoms with Gasteiger partial charge < -0.3 is 24.7 Å². The third-order valence-corrected chi connectivity index (χ3v) is 9.44. The van der Waals surface area contributed by atoms with E-state index in [1.807, 2.05) is 0 Å². The van der Waals surface area contributed by atoms with Gasteiger partial charge in [-0.05, 0) is 64.8 Å². The zero-order valence-corrected chi connectivity index (χ0v) is 24.4. The number of hydrogen-bond acceptors (Lipinski definition) is 7. The highest BCUT2D eigenvalue weighted by atomic mass is 32.2. The second kappa shape index (κ2) is 11.2. The van der Waals surface area contributed by atoms with Gasteiger partial charge in [0.05, 0.1) is 34.7 Å². The van der Waals surface area contributed by atoms with Crippen molar-refractivity contribution in [3.8, 4) is 5.75 Å². The second-order valence-corrected chi connectivity index (χ2v) is 13.2. The molecule has 1 saturated carbocycles. The molecule has 228 valence electrons. The zero-order valence-electron chi connectivity index (χ0n) is 23.6. The van der Waals surface area contributed by atoms with Gasteiger partial charge in [0, 0.05) is 23.3 Å². The zero-order chi connectivity index (χ0) is 31.3. The number of halogens is 4. The summed E-state index contributed by atoms with van der Waals surface area (Å²) in [4.78, 5) is 25.5. The Kier molecular flexibility index (Phi) is 8.44. The summed E-state index contributed by atoms with van der Waals surface area (Å²) in [5, 5.41) is 5.24. The largest absolute Gasteiger partial charge is 0.501 e. The highest BCUT2D eigenvalue weighted by Crippen LogP contribution is 2.37. The van der Waals surface area contributed by atoms with E-state index >= 15 is 4.39 Å². The van der Waals surface area contributed by atoms with E-state index in [4.69, 9.17) is 14.0 Å². The van der Waals surface area contributed by atoms with Crippen LogP contribution < -0.4 is 20.8 Å². The number of amides is 2. The summed E-state index contributed by atoms with van der Waals surface area (Å²) in [6.45, 7) is 7.22. The molecule has 1 saturated heterocycles. The van der Waals surface area contributed by atoms with Crippen LogP contribution in [0.25, 0.3) is 0 Å². The number of sulfone groups is 1. The quantitative estimate of drug-likeness (QED) is 0.358. The number of ether oxygens (including phenoxy) is 1. The van der Waals surface area contributed by atoms with Crippen molar-refractivity contribution < 1.29 is 49.6 Å². The van der Waals surface area contributed by atoms with Crippen LogP contribution in [-0.2, 0) is 23.9 Å². The molecule has 2 fully saturated rings. The number of alkyl halides is 3. The van der Waals surface area contributed by atoms with Gasteiger partial charge in [-0.1, -0.05) is 12.5 Å². The van der Waals surface area contributed by atoms with E-state index in [0.717, 1.165) is 24.3 Å². The Bertz CT molecular complexity index is 1480. The molecule has 4 rings (SSSR count). The molecule has 1 aliphatic heterocycles. The van der Waals surface area contributed by atoms with Crippen molar-refractivity contribution in [2.45, 2.75) is 74.6 Å². The predicted octanol–water partition coefficient (Wildman–Crippen LogP) is 3.96. The molecule has 0 radical (unpaired) electrons. The number of carbonyl (C=O) groups excluding carboxylic acids is 2.